The maximum Gasteiger partial charge on any atom is 0 e. The van der Waals surface area contributed by atoms with Crippen molar-refractivity contribution in [2.24, 2.45) is 0 Å². The SMILES string of the molecule is Cl.Cl.[Hf].c1cc2c([cH-]1)CCCC2. The molecule has 12 heavy (non-hydrogen) atoms. The summed E-state index contributed by atoms with van der Waals surface area (Å²) in [6, 6.07) is 6.69. The zero-order valence-electron chi connectivity index (χ0n) is 6.88. The third-order valence-electron chi connectivity index (χ3n) is 2.15. The number of fused-ring (bicyclic) bond motifs is 1. The predicted molar refractivity (Wildman–Crippen MR) is 53.2 cm³/mol. The number of hydrogen-bond donors (Lipinski definition) is 0. The van der Waals surface area contributed by atoms with Gasteiger partial charge in [-0.3, -0.25) is 0 Å². The fourth-order valence-corrected chi connectivity index (χ4v) is 1.61. The van der Waals surface area contributed by atoms with Crippen LogP contribution in [0.25, 0.3) is 0 Å². The largest absolute Gasteiger partial charge is 0.210 e. The summed E-state index contributed by atoms with van der Waals surface area (Å²) in [5, 5.41) is 0. The van der Waals surface area contributed by atoms with Crippen molar-refractivity contribution < 1.29 is 25.8 Å². The second-order valence-electron chi connectivity index (χ2n) is 2.78. The molecule has 0 nitrogen and oxygen atoms in total. The Kier molecular flexibility index (Phi) is 9.20. The third-order valence-corrected chi connectivity index (χ3v) is 2.15. The summed E-state index contributed by atoms with van der Waals surface area (Å²) in [4.78, 5) is 0. The second kappa shape index (κ2) is 7.23. The van der Waals surface area contributed by atoms with E-state index in [2.05, 4.69) is 18.2 Å². The molecular formula is C9H13Cl2Hf-. The van der Waals surface area contributed by atoms with Crippen LogP contribution in [-0.4, -0.2) is 0 Å². The number of rotatable bonds is 0. The van der Waals surface area contributed by atoms with Crippen LogP contribution in [0.15, 0.2) is 18.2 Å². The Balaban J connectivity index is 0. The van der Waals surface area contributed by atoms with Gasteiger partial charge in [0, 0.05) is 25.8 Å². The van der Waals surface area contributed by atoms with Gasteiger partial charge in [-0.25, -0.2) is 6.07 Å². The molecule has 0 aromatic heterocycles. The van der Waals surface area contributed by atoms with Crippen molar-refractivity contribution in [3.63, 3.8) is 0 Å². The van der Waals surface area contributed by atoms with E-state index in [1.807, 2.05) is 0 Å². The van der Waals surface area contributed by atoms with Gasteiger partial charge >= 0.3 is 0 Å². The number of aryl methyl sites for hydroxylation is 2. The molecule has 0 saturated carbocycles. The molecule has 0 bridgehead atoms. The Bertz CT molecular complexity index is 188. The van der Waals surface area contributed by atoms with Gasteiger partial charge in [-0.2, -0.15) is 23.3 Å². The first-order chi connectivity index (χ1) is 4.47. The van der Waals surface area contributed by atoms with Crippen LogP contribution in [0.2, 0.25) is 0 Å². The van der Waals surface area contributed by atoms with Gasteiger partial charge in [-0.1, -0.05) is 25.7 Å². The molecule has 1 aromatic carbocycles. The van der Waals surface area contributed by atoms with Gasteiger partial charge < -0.3 is 0 Å². The minimum Gasteiger partial charge on any atom is -0.210 e. The van der Waals surface area contributed by atoms with Crippen molar-refractivity contribution >= 4 is 24.8 Å². The Morgan fingerprint density at radius 1 is 1.08 bits per heavy atom. The van der Waals surface area contributed by atoms with Crippen LogP contribution in [0.1, 0.15) is 24.0 Å². The van der Waals surface area contributed by atoms with Crippen molar-refractivity contribution in [2.45, 2.75) is 25.7 Å². The summed E-state index contributed by atoms with van der Waals surface area (Å²) in [5.74, 6) is 0. The van der Waals surface area contributed by atoms with Gasteiger partial charge in [0.05, 0.1) is 0 Å². The standard InChI is InChI=1S/C9H11.2ClH.Hf/c1-2-5-9-7-3-6-8(9)4-1;;;/h3,6-7H,1-2,4-5H2;2*1H;/q-1;;;. The Hall–Kier alpha value is 0.800. The van der Waals surface area contributed by atoms with Crippen molar-refractivity contribution in [3.05, 3.63) is 29.3 Å². The minimum absolute atomic E-state index is 0. The Labute approximate surface area is 105 Å². The first-order valence-corrected chi connectivity index (χ1v) is 3.70. The molecule has 0 heterocycles. The maximum atomic E-state index is 2.26. The first-order valence-electron chi connectivity index (χ1n) is 3.70. The molecule has 0 unspecified atom stereocenters. The molecule has 0 aliphatic heterocycles. The van der Waals surface area contributed by atoms with Crippen LogP contribution in [0.3, 0.4) is 0 Å². The van der Waals surface area contributed by atoms with Gasteiger partial charge in [0.1, 0.15) is 0 Å². The fraction of sp³-hybridized carbons (Fsp3) is 0.444. The topological polar surface area (TPSA) is 0 Å². The molecule has 0 radical (unpaired) electrons. The van der Waals surface area contributed by atoms with Crippen LogP contribution in [0.4, 0.5) is 0 Å². The number of halogens is 2. The Morgan fingerprint density at radius 2 is 1.75 bits per heavy atom. The summed E-state index contributed by atoms with van der Waals surface area (Å²) in [6.45, 7) is 0. The summed E-state index contributed by atoms with van der Waals surface area (Å²) in [5.41, 5.74) is 3.20. The van der Waals surface area contributed by atoms with Gasteiger partial charge in [-0.05, 0) is 0 Å². The van der Waals surface area contributed by atoms with E-state index in [1.54, 1.807) is 11.1 Å². The van der Waals surface area contributed by atoms with E-state index < -0.39 is 0 Å². The summed E-state index contributed by atoms with van der Waals surface area (Å²) in [7, 11) is 0. The normalized spacial score (nSPS) is 13.0. The van der Waals surface area contributed by atoms with Crippen molar-refractivity contribution in [1.82, 2.24) is 0 Å². The van der Waals surface area contributed by atoms with Crippen LogP contribution in [-0.2, 0) is 38.7 Å². The van der Waals surface area contributed by atoms with Crippen LogP contribution >= 0.6 is 24.8 Å². The van der Waals surface area contributed by atoms with E-state index >= 15 is 0 Å². The van der Waals surface area contributed by atoms with Crippen LogP contribution in [0.5, 0.6) is 0 Å². The molecule has 0 saturated heterocycles. The molecule has 1 aliphatic carbocycles. The van der Waals surface area contributed by atoms with E-state index in [9.17, 15) is 0 Å². The summed E-state index contributed by atoms with van der Waals surface area (Å²) in [6.07, 6.45) is 5.44. The van der Waals surface area contributed by atoms with E-state index in [0.29, 0.717) is 0 Å². The average molecular weight is 371 g/mol. The molecule has 0 fully saturated rings. The predicted octanol–water partition coefficient (Wildman–Crippen LogP) is 3.13. The van der Waals surface area contributed by atoms with Crippen LogP contribution in [0, 0.1) is 0 Å². The fourth-order valence-electron chi connectivity index (χ4n) is 1.61. The molecule has 0 amide bonds. The average Bonchev–Trinajstić information content (AvgIpc) is 2.33. The van der Waals surface area contributed by atoms with E-state index in [1.165, 1.54) is 25.7 Å². The molecule has 0 atom stereocenters. The third kappa shape index (κ3) is 3.27. The smallest absolute Gasteiger partial charge is 0 e. The molecule has 0 N–H and O–H groups in total. The molecule has 1 aliphatic rings. The zero-order chi connectivity index (χ0) is 6.10. The molecule has 0 spiro atoms. The van der Waals surface area contributed by atoms with Crippen molar-refractivity contribution in [1.29, 1.82) is 0 Å². The van der Waals surface area contributed by atoms with Gasteiger partial charge in [0.2, 0.25) is 0 Å². The second-order valence-corrected chi connectivity index (χ2v) is 2.78. The summed E-state index contributed by atoms with van der Waals surface area (Å²) >= 11 is 0. The van der Waals surface area contributed by atoms with Gasteiger partial charge in [-0.15, -0.1) is 24.8 Å². The van der Waals surface area contributed by atoms with E-state index in [4.69, 9.17) is 0 Å². The minimum atomic E-state index is 0. The maximum absolute atomic E-state index is 2.26. The molecule has 1 aromatic rings. The Morgan fingerprint density at radius 3 is 2.42 bits per heavy atom. The van der Waals surface area contributed by atoms with Crippen LogP contribution < -0.4 is 0 Å². The number of hydrogen-bond acceptors (Lipinski definition) is 0. The quantitative estimate of drug-likeness (QED) is 0.486. The molecule has 2 rings (SSSR count). The van der Waals surface area contributed by atoms with Gasteiger partial charge in [0.25, 0.3) is 0 Å². The van der Waals surface area contributed by atoms with Crippen molar-refractivity contribution in [3.8, 4) is 0 Å². The van der Waals surface area contributed by atoms with E-state index in [0.717, 1.165) is 0 Å². The summed E-state index contributed by atoms with van der Waals surface area (Å²) < 4.78 is 0. The first kappa shape index (κ1) is 15.3. The zero-order valence-corrected chi connectivity index (χ0v) is 12.1. The monoisotopic (exact) mass is 371 g/mol. The van der Waals surface area contributed by atoms with Gasteiger partial charge in [0.15, 0.2) is 0 Å². The van der Waals surface area contributed by atoms with E-state index in [-0.39, 0.29) is 50.7 Å². The molecule has 3 heteroatoms. The molecule has 68 valence electrons. The molecular weight excluding hydrogens is 357 g/mol. The van der Waals surface area contributed by atoms with Crippen molar-refractivity contribution in [2.75, 3.05) is 0 Å².